The summed E-state index contributed by atoms with van der Waals surface area (Å²) in [7, 11) is -3.13. The highest BCUT2D eigenvalue weighted by Crippen LogP contribution is 2.23. The van der Waals surface area contributed by atoms with Crippen molar-refractivity contribution < 1.29 is 8.42 Å². The van der Waals surface area contributed by atoms with Gasteiger partial charge in [0.25, 0.3) is 0 Å². The van der Waals surface area contributed by atoms with Crippen molar-refractivity contribution in [2.45, 2.75) is 19.9 Å². The SMILES string of the molecule is CCS(=O)(=O)N1CCc2nc3ncccc3cc2C1. The Morgan fingerprint density at radius 1 is 1.42 bits per heavy atom. The smallest absolute Gasteiger partial charge is 0.214 e. The van der Waals surface area contributed by atoms with E-state index in [-0.39, 0.29) is 5.75 Å². The maximum atomic E-state index is 11.9. The van der Waals surface area contributed by atoms with E-state index in [4.69, 9.17) is 0 Å². The van der Waals surface area contributed by atoms with Gasteiger partial charge in [-0.1, -0.05) is 0 Å². The van der Waals surface area contributed by atoms with E-state index in [2.05, 4.69) is 9.97 Å². The van der Waals surface area contributed by atoms with E-state index in [0.717, 1.165) is 22.3 Å². The first-order valence-corrected chi connectivity index (χ1v) is 7.92. The normalized spacial score (nSPS) is 16.5. The summed E-state index contributed by atoms with van der Waals surface area (Å²) in [5.74, 6) is 0.144. The van der Waals surface area contributed by atoms with Crippen molar-refractivity contribution in [3.63, 3.8) is 0 Å². The van der Waals surface area contributed by atoms with Crippen LogP contribution in [0, 0.1) is 0 Å². The number of hydrogen-bond donors (Lipinski definition) is 0. The Morgan fingerprint density at radius 2 is 2.26 bits per heavy atom. The van der Waals surface area contributed by atoms with Gasteiger partial charge in [0.15, 0.2) is 5.65 Å². The molecule has 19 heavy (non-hydrogen) atoms. The number of fused-ring (bicyclic) bond motifs is 2. The fraction of sp³-hybridized carbons (Fsp3) is 0.385. The van der Waals surface area contributed by atoms with Crippen molar-refractivity contribution in [3.8, 4) is 0 Å². The lowest BCUT2D eigenvalue weighted by molar-refractivity contribution is 0.389. The van der Waals surface area contributed by atoms with E-state index in [0.29, 0.717) is 19.5 Å². The Labute approximate surface area is 112 Å². The third kappa shape index (κ3) is 2.21. The topological polar surface area (TPSA) is 63.2 Å². The van der Waals surface area contributed by atoms with Gasteiger partial charge in [-0.3, -0.25) is 0 Å². The first-order chi connectivity index (χ1) is 9.10. The highest BCUT2D eigenvalue weighted by atomic mass is 32.2. The van der Waals surface area contributed by atoms with E-state index in [1.54, 1.807) is 17.4 Å². The minimum atomic E-state index is -3.13. The zero-order chi connectivity index (χ0) is 13.5. The molecule has 0 atom stereocenters. The van der Waals surface area contributed by atoms with Crippen LogP contribution in [0.4, 0.5) is 0 Å². The van der Waals surface area contributed by atoms with Gasteiger partial charge in [0.2, 0.25) is 10.0 Å². The van der Waals surface area contributed by atoms with Gasteiger partial charge < -0.3 is 0 Å². The van der Waals surface area contributed by atoms with Crippen LogP contribution in [0.15, 0.2) is 24.4 Å². The minimum absolute atomic E-state index is 0.144. The molecule has 3 rings (SSSR count). The number of hydrogen-bond acceptors (Lipinski definition) is 4. The highest BCUT2D eigenvalue weighted by Gasteiger charge is 2.26. The molecule has 1 aliphatic heterocycles. The Morgan fingerprint density at radius 3 is 3.05 bits per heavy atom. The summed E-state index contributed by atoms with van der Waals surface area (Å²) < 4.78 is 25.4. The maximum Gasteiger partial charge on any atom is 0.214 e. The molecule has 0 N–H and O–H groups in total. The van der Waals surface area contributed by atoms with Crippen LogP contribution >= 0.6 is 0 Å². The quantitative estimate of drug-likeness (QED) is 0.831. The Hall–Kier alpha value is -1.53. The average Bonchev–Trinajstić information content (AvgIpc) is 2.44. The van der Waals surface area contributed by atoms with E-state index < -0.39 is 10.0 Å². The van der Waals surface area contributed by atoms with Crippen LogP contribution in [-0.2, 0) is 23.0 Å². The molecule has 0 bridgehead atoms. The molecule has 2 aromatic rings. The van der Waals surface area contributed by atoms with Crippen LogP contribution in [0.2, 0.25) is 0 Å². The molecule has 0 unspecified atom stereocenters. The maximum absolute atomic E-state index is 11.9. The fourth-order valence-corrected chi connectivity index (χ4v) is 3.43. The summed E-state index contributed by atoms with van der Waals surface area (Å²) in [6, 6.07) is 5.81. The van der Waals surface area contributed by atoms with E-state index in [9.17, 15) is 8.42 Å². The standard InChI is InChI=1S/C13H15N3O2S/c1-2-19(17,18)16-7-5-12-11(9-16)8-10-4-3-6-14-13(10)15-12/h3-4,6,8H,2,5,7,9H2,1H3. The molecular weight excluding hydrogens is 262 g/mol. The summed E-state index contributed by atoms with van der Waals surface area (Å²) >= 11 is 0. The van der Waals surface area contributed by atoms with Crippen molar-refractivity contribution in [2.24, 2.45) is 0 Å². The van der Waals surface area contributed by atoms with Crippen LogP contribution in [0.25, 0.3) is 11.0 Å². The minimum Gasteiger partial charge on any atom is -0.237 e. The monoisotopic (exact) mass is 277 g/mol. The molecule has 0 amide bonds. The molecule has 0 radical (unpaired) electrons. The number of aromatic nitrogens is 2. The number of sulfonamides is 1. The third-order valence-electron chi connectivity index (χ3n) is 3.46. The van der Waals surface area contributed by atoms with E-state index in [1.165, 1.54) is 0 Å². The van der Waals surface area contributed by atoms with Crippen molar-refractivity contribution in [2.75, 3.05) is 12.3 Å². The van der Waals surface area contributed by atoms with Crippen LogP contribution in [0.3, 0.4) is 0 Å². The molecule has 6 heteroatoms. The first-order valence-electron chi connectivity index (χ1n) is 6.31. The molecule has 2 aromatic heterocycles. The lowest BCUT2D eigenvalue weighted by Crippen LogP contribution is -2.37. The largest absolute Gasteiger partial charge is 0.237 e. The molecule has 0 saturated carbocycles. The summed E-state index contributed by atoms with van der Waals surface area (Å²) in [6.45, 7) is 2.60. The summed E-state index contributed by atoms with van der Waals surface area (Å²) in [6.07, 6.45) is 2.37. The van der Waals surface area contributed by atoms with Gasteiger partial charge >= 0.3 is 0 Å². The predicted molar refractivity (Wildman–Crippen MR) is 73.1 cm³/mol. The second-order valence-corrected chi connectivity index (χ2v) is 6.89. The number of rotatable bonds is 2. The lowest BCUT2D eigenvalue weighted by atomic mass is 10.1. The van der Waals surface area contributed by atoms with Gasteiger partial charge in [-0.15, -0.1) is 0 Å². The number of pyridine rings is 2. The molecule has 0 spiro atoms. The molecular formula is C13H15N3O2S. The molecule has 5 nitrogen and oxygen atoms in total. The molecule has 0 aliphatic carbocycles. The molecule has 3 heterocycles. The number of nitrogens with zero attached hydrogens (tertiary/aromatic N) is 3. The van der Waals surface area contributed by atoms with Crippen molar-refractivity contribution >= 4 is 21.1 Å². The van der Waals surface area contributed by atoms with Crippen molar-refractivity contribution in [1.82, 2.24) is 14.3 Å². The second-order valence-electron chi connectivity index (χ2n) is 4.63. The second kappa shape index (κ2) is 4.54. The van der Waals surface area contributed by atoms with E-state index >= 15 is 0 Å². The molecule has 1 aliphatic rings. The summed E-state index contributed by atoms with van der Waals surface area (Å²) in [5, 5.41) is 0.956. The van der Waals surface area contributed by atoms with Gasteiger partial charge in [-0.25, -0.2) is 18.4 Å². The summed E-state index contributed by atoms with van der Waals surface area (Å²) in [4.78, 5) is 8.76. The van der Waals surface area contributed by atoms with Crippen LogP contribution in [0.5, 0.6) is 0 Å². The fourth-order valence-electron chi connectivity index (χ4n) is 2.36. The molecule has 0 aromatic carbocycles. The van der Waals surface area contributed by atoms with Gasteiger partial charge in [0.1, 0.15) is 0 Å². The Kier molecular flexibility index (Phi) is 2.99. The van der Waals surface area contributed by atoms with Crippen LogP contribution in [0.1, 0.15) is 18.2 Å². The van der Waals surface area contributed by atoms with Gasteiger partial charge in [-0.2, -0.15) is 4.31 Å². The zero-order valence-electron chi connectivity index (χ0n) is 10.7. The zero-order valence-corrected chi connectivity index (χ0v) is 11.5. The van der Waals surface area contributed by atoms with Gasteiger partial charge in [0, 0.05) is 36.8 Å². The summed E-state index contributed by atoms with van der Waals surface area (Å²) in [5.41, 5.74) is 2.69. The van der Waals surface area contributed by atoms with Crippen molar-refractivity contribution in [3.05, 3.63) is 35.7 Å². The Bertz CT molecular complexity index is 728. The van der Waals surface area contributed by atoms with Crippen LogP contribution < -0.4 is 0 Å². The molecule has 0 saturated heterocycles. The predicted octanol–water partition coefficient (Wildman–Crippen LogP) is 1.34. The van der Waals surface area contributed by atoms with Gasteiger partial charge in [-0.05, 0) is 30.7 Å². The average molecular weight is 277 g/mol. The lowest BCUT2D eigenvalue weighted by Gasteiger charge is -2.27. The van der Waals surface area contributed by atoms with Crippen LogP contribution in [-0.4, -0.2) is 35.0 Å². The van der Waals surface area contributed by atoms with Gasteiger partial charge in [0.05, 0.1) is 5.75 Å². The highest BCUT2D eigenvalue weighted by molar-refractivity contribution is 7.89. The third-order valence-corrected chi connectivity index (χ3v) is 5.29. The van der Waals surface area contributed by atoms with E-state index in [1.807, 2.05) is 18.2 Å². The first kappa shape index (κ1) is 12.5. The Balaban J connectivity index is 2.03. The van der Waals surface area contributed by atoms with Crippen molar-refractivity contribution in [1.29, 1.82) is 0 Å². The molecule has 100 valence electrons. The molecule has 0 fully saturated rings.